The first-order valence-corrected chi connectivity index (χ1v) is 7.97. The largest absolute Gasteiger partial charge is 0.396 e. The van der Waals surface area contributed by atoms with Crippen molar-refractivity contribution in [2.75, 3.05) is 19.7 Å². The van der Waals surface area contributed by atoms with E-state index in [1.165, 1.54) is 6.33 Å². The van der Waals surface area contributed by atoms with Crippen LogP contribution in [-0.2, 0) is 0 Å². The summed E-state index contributed by atoms with van der Waals surface area (Å²) >= 11 is 0. The topological polar surface area (TPSA) is 91.0 Å². The molecule has 0 spiro atoms. The number of likely N-dealkylation sites (tertiary alicyclic amines) is 1. The maximum Gasteiger partial charge on any atom is 0.255 e. The summed E-state index contributed by atoms with van der Waals surface area (Å²) in [7, 11) is 0. The molecule has 2 aromatic rings. The van der Waals surface area contributed by atoms with Crippen molar-refractivity contribution in [1.29, 1.82) is 0 Å². The third-order valence-corrected chi connectivity index (χ3v) is 4.76. The number of aliphatic hydroxyl groups is 2. The molecule has 2 N–H and O–H groups in total. The second-order valence-corrected chi connectivity index (χ2v) is 6.28. The summed E-state index contributed by atoms with van der Waals surface area (Å²) in [5.74, 6) is -0.108. The normalized spacial score (nSPS) is 25.0. The molecule has 3 heterocycles. The Morgan fingerprint density at radius 1 is 1.48 bits per heavy atom. The first-order chi connectivity index (χ1) is 11.1. The first kappa shape index (κ1) is 15.9. The van der Waals surface area contributed by atoms with E-state index in [9.17, 15) is 15.0 Å². The number of hydrogen-bond donors (Lipinski definition) is 2. The van der Waals surface area contributed by atoms with E-state index < -0.39 is 11.5 Å². The smallest absolute Gasteiger partial charge is 0.255 e. The molecule has 0 bridgehead atoms. The highest BCUT2D eigenvalue weighted by Gasteiger charge is 2.43. The van der Waals surface area contributed by atoms with Crippen LogP contribution in [0, 0.1) is 5.41 Å². The molecule has 2 atom stereocenters. The minimum atomic E-state index is -0.625. The standard InChI is InChI=1S/C16H22N4O3/c1-2-6-16(10-21)9-19(7-5-13(16)22)15(23)12-3-4-14-17-11-18-20(14)8-12/h3-4,8,11,13,21-22H,2,5-7,9-10H2,1H3/t13-,16-/m0/s1. The van der Waals surface area contributed by atoms with E-state index in [0.717, 1.165) is 6.42 Å². The highest BCUT2D eigenvalue weighted by atomic mass is 16.3. The number of piperidine rings is 1. The van der Waals surface area contributed by atoms with Gasteiger partial charge in [0.05, 0.1) is 18.3 Å². The highest BCUT2D eigenvalue weighted by molar-refractivity contribution is 5.94. The maximum absolute atomic E-state index is 12.8. The van der Waals surface area contributed by atoms with Crippen molar-refractivity contribution in [3.05, 3.63) is 30.2 Å². The first-order valence-electron chi connectivity index (χ1n) is 7.97. The van der Waals surface area contributed by atoms with Crippen LogP contribution < -0.4 is 0 Å². The molecule has 1 amide bonds. The molecule has 0 radical (unpaired) electrons. The molecule has 7 heteroatoms. The molecule has 7 nitrogen and oxygen atoms in total. The Morgan fingerprint density at radius 3 is 3.04 bits per heavy atom. The molecule has 0 saturated carbocycles. The Morgan fingerprint density at radius 2 is 2.30 bits per heavy atom. The number of nitrogens with zero attached hydrogens (tertiary/aromatic N) is 4. The van der Waals surface area contributed by atoms with E-state index in [-0.39, 0.29) is 12.5 Å². The number of carbonyl (C=O) groups is 1. The molecule has 3 rings (SSSR count). The van der Waals surface area contributed by atoms with Crippen molar-refractivity contribution >= 4 is 11.6 Å². The molecule has 0 aromatic carbocycles. The lowest BCUT2D eigenvalue weighted by Crippen LogP contribution is -2.55. The van der Waals surface area contributed by atoms with Crippen molar-refractivity contribution in [2.24, 2.45) is 5.41 Å². The summed E-state index contributed by atoms with van der Waals surface area (Å²) < 4.78 is 1.57. The molecule has 0 aliphatic carbocycles. The summed E-state index contributed by atoms with van der Waals surface area (Å²) in [6, 6.07) is 3.49. The number of rotatable bonds is 4. The van der Waals surface area contributed by atoms with Crippen LogP contribution in [0.3, 0.4) is 0 Å². The van der Waals surface area contributed by atoms with Crippen LogP contribution in [-0.4, -0.2) is 61.4 Å². The molecular formula is C16H22N4O3. The zero-order valence-corrected chi connectivity index (χ0v) is 13.2. The fourth-order valence-electron chi connectivity index (χ4n) is 3.43. The quantitative estimate of drug-likeness (QED) is 0.866. The van der Waals surface area contributed by atoms with E-state index in [4.69, 9.17) is 0 Å². The van der Waals surface area contributed by atoms with Crippen molar-refractivity contribution in [3.63, 3.8) is 0 Å². The summed E-state index contributed by atoms with van der Waals surface area (Å²) in [4.78, 5) is 18.6. The summed E-state index contributed by atoms with van der Waals surface area (Å²) in [5.41, 5.74) is 0.592. The molecule has 1 aliphatic rings. The Bertz CT molecular complexity index is 701. The molecule has 1 fully saturated rings. The van der Waals surface area contributed by atoms with Crippen molar-refractivity contribution in [1.82, 2.24) is 19.5 Å². The highest BCUT2D eigenvalue weighted by Crippen LogP contribution is 2.35. The van der Waals surface area contributed by atoms with Gasteiger partial charge in [-0.2, -0.15) is 5.10 Å². The Hall–Kier alpha value is -1.99. The van der Waals surface area contributed by atoms with Gasteiger partial charge in [-0.25, -0.2) is 9.50 Å². The zero-order valence-electron chi connectivity index (χ0n) is 13.2. The summed E-state index contributed by atoms with van der Waals surface area (Å²) in [6.07, 6.45) is 4.56. The predicted molar refractivity (Wildman–Crippen MR) is 83.9 cm³/mol. The van der Waals surface area contributed by atoms with E-state index >= 15 is 0 Å². The minimum Gasteiger partial charge on any atom is -0.396 e. The number of aromatic nitrogens is 3. The van der Waals surface area contributed by atoms with Crippen LogP contribution in [0.4, 0.5) is 0 Å². The van der Waals surface area contributed by atoms with Gasteiger partial charge in [0.25, 0.3) is 5.91 Å². The fourth-order valence-corrected chi connectivity index (χ4v) is 3.43. The fraction of sp³-hybridized carbons (Fsp3) is 0.562. The number of aliphatic hydroxyl groups excluding tert-OH is 2. The van der Waals surface area contributed by atoms with Crippen molar-refractivity contribution in [2.45, 2.75) is 32.3 Å². The van der Waals surface area contributed by atoms with Crippen LogP contribution in [0.5, 0.6) is 0 Å². The van der Waals surface area contributed by atoms with Gasteiger partial charge in [0, 0.05) is 24.7 Å². The molecular weight excluding hydrogens is 296 g/mol. The lowest BCUT2D eigenvalue weighted by molar-refractivity contribution is -0.0720. The lowest BCUT2D eigenvalue weighted by atomic mass is 9.74. The van der Waals surface area contributed by atoms with Crippen LogP contribution in [0.2, 0.25) is 0 Å². The van der Waals surface area contributed by atoms with Gasteiger partial charge in [0.15, 0.2) is 5.65 Å². The lowest BCUT2D eigenvalue weighted by Gasteiger charge is -2.45. The van der Waals surface area contributed by atoms with Gasteiger partial charge >= 0.3 is 0 Å². The molecule has 23 heavy (non-hydrogen) atoms. The van der Waals surface area contributed by atoms with Crippen molar-refractivity contribution in [3.8, 4) is 0 Å². The van der Waals surface area contributed by atoms with Crippen LogP contribution in [0.25, 0.3) is 5.65 Å². The van der Waals surface area contributed by atoms with E-state index in [0.29, 0.717) is 37.1 Å². The summed E-state index contributed by atoms with van der Waals surface area (Å²) in [5, 5.41) is 24.2. The average molecular weight is 318 g/mol. The zero-order chi connectivity index (χ0) is 16.4. The number of fused-ring (bicyclic) bond motifs is 1. The third kappa shape index (κ3) is 2.82. The van der Waals surface area contributed by atoms with Crippen molar-refractivity contribution < 1.29 is 15.0 Å². The number of pyridine rings is 1. The molecule has 2 aromatic heterocycles. The van der Waals surface area contributed by atoms with E-state index in [2.05, 4.69) is 10.1 Å². The van der Waals surface area contributed by atoms with Gasteiger partial charge in [-0.3, -0.25) is 4.79 Å². The van der Waals surface area contributed by atoms with E-state index in [1.54, 1.807) is 27.7 Å². The second-order valence-electron chi connectivity index (χ2n) is 6.28. The second kappa shape index (κ2) is 6.25. The minimum absolute atomic E-state index is 0.108. The summed E-state index contributed by atoms with van der Waals surface area (Å²) in [6.45, 7) is 2.75. The van der Waals surface area contributed by atoms with Gasteiger partial charge in [-0.15, -0.1) is 0 Å². The third-order valence-electron chi connectivity index (χ3n) is 4.76. The van der Waals surface area contributed by atoms with Gasteiger partial charge < -0.3 is 15.1 Å². The Labute approximate surface area is 134 Å². The molecule has 1 saturated heterocycles. The molecule has 1 aliphatic heterocycles. The number of amides is 1. The van der Waals surface area contributed by atoms with Crippen LogP contribution >= 0.6 is 0 Å². The monoisotopic (exact) mass is 318 g/mol. The van der Waals surface area contributed by atoms with Gasteiger partial charge in [0.2, 0.25) is 0 Å². The predicted octanol–water partition coefficient (Wildman–Crippen LogP) is 0.715. The van der Waals surface area contributed by atoms with Crippen LogP contribution in [0.15, 0.2) is 24.7 Å². The SMILES string of the molecule is CCC[C@@]1(CO)CN(C(=O)c2ccc3ncnn3c2)CC[C@@H]1O. The average Bonchev–Trinajstić information content (AvgIpc) is 3.04. The number of carbonyl (C=O) groups excluding carboxylic acids is 1. The van der Waals surface area contributed by atoms with Crippen LogP contribution in [0.1, 0.15) is 36.5 Å². The van der Waals surface area contributed by atoms with Gasteiger partial charge in [-0.05, 0) is 25.0 Å². The van der Waals surface area contributed by atoms with E-state index in [1.807, 2.05) is 6.92 Å². The number of hydrogen-bond acceptors (Lipinski definition) is 5. The maximum atomic E-state index is 12.8. The Kier molecular flexibility index (Phi) is 4.32. The van der Waals surface area contributed by atoms with Gasteiger partial charge in [-0.1, -0.05) is 13.3 Å². The Balaban J connectivity index is 1.83. The molecule has 0 unspecified atom stereocenters. The molecule has 124 valence electrons. The van der Waals surface area contributed by atoms with Gasteiger partial charge in [0.1, 0.15) is 6.33 Å².